The van der Waals surface area contributed by atoms with Crippen molar-refractivity contribution in [2.75, 3.05) is 6.54 Å². The van der Waals surface area contributed by atoms with Gasteiger partial charge in [-0.3, -0.25) is 4.68 Å². The van der Waals surface area contributed by atoms with E-state index >= 15 is 0 Å². The lowest BCUT2D eigenvalue weighted by atomic mass is 10.1. The van der Waals surface area contributed by atoms with Gasteiger partial charge < -0.3 is 0 Å². The number of thiophene rings is 1. The number of sulfonamides is 1. The molecule has 132 valence electrons. The van der Waals surface area contributed by atoms with Crippen LogP contribution in [0.3, 0.4) is 0 Å². The molecule has 1 atom stereocenters. The zero-order valence-corrected chi connectivity index (χ0v) is 17.0. The Labute approximate surface area is 159 Å². The summed E-state index contributed by atoms with van der Waals surface area (Å²) < 4.78 is 30.5. The number of nitrogens with one attached hydrogen (secondary N) is 1. The average Bonchev–Trinajstić information content (AvgIpc) is 3.18. The zero-order chi connectivity index (χ0) is 18.0. The van der Waals surface area contributed by atoms with E-state index in [0.717, 1.165) is 17.0 Å². The van der Waals surface area contributed by atoms with Gasteiger partial charge in [0.25, 0.3) is 0 Å². The fraction of sp³-hybridized carbons (Fsp3) is 0.235. The maximum absolute atomic E-state index is 12.7. The van der Waals surface area contributed by atoms with E-state index in [1.807, 2.05) is 41.4 Å². The maximum atomic E-state index is 12.7. The van der Waals surface area contributed by atoms with E-state index in [-0.39, 0.29) is 17.5 Å². The first-order valence-corrected chi connectivity index (χ1v) is 10.9. The lowest BCUT2D eigenvalue weighted by molar-refractivity contribution is 0.494. The molecule has 0 radical (unpaired) electrons. The van der Waals surface area contributed by atoms with E-state index in [1.165, 1.54) is 0 Å². The van der Waals surface area contributed by atoms with Crippen LogP contribution in [0.25, 0.3) is 0 Å². The summed E-state index contributed by atoms with van der Waals surface area (Å²) in [5.41, 5.74) is 2.94. The van der Waals surface area contributed by atoms with E-state index in [1.54, 1.807) is 35.6 Å². The van der Waals surface area contributed by atoms with Crippen molar-refractivity contribution < 1.29 is 8.42 Å². The molecule has 0 saturated carbocycles. The highest BCUT2D eigenvalue weighted by Crippen LogP contribution is 2.24. The van der Waals surface area contributed by atoms with Crippen molar-refractivity contribution in [1.82, 2.24) is 14.5 Å². The largest absolute Gasteiger partial charge is 0.261 e. The molecule has 0 aliphatic heterocycles. The Kier molecular flexibility index (Phi) is 5.43. The van der Waals surface area contributed by atoms with Gasteiger partial charge in [0.1, 0.15) is 0 Å². The van der Waals surface area contributed by atoms with Crippen molar-refractivity contribution in [3.05, 3.63) is 68.6 Å². The van der Waals surface area contributed by atoms with Gasteiger partial charge in [0.15, 0.2) is 0 Å². The second-order valence-corrected chi connectivity index (χ2v) is 9.10. The summed E-state index contributed by atoms with van der Waals surface area (Å²) in [4.78, 5) is 0.229. The molecule has 1 aromatic carbocycles. The van der Waals surface area contributed by atoms with E-state index in [9.17, 15) is 8.42 Å². The summed E-state index contributed by atoms with van der Waals surface area (Å²) in [6.45, 7) is 4.13. The molecule has 0 spiro atoms. The van der Waals surface area contributed by atoms with E-state index in [4.69, 9.17) is 0 Å². The topological polar surface area (TPSA) is 64.0 Å². The fourth-order valence-corrected chi connectivity index (χ4v) is 5.45. The first-order valence-electron chi connectivity index (χ1n) is 7.67. The molecule has 8 heteroatoms. The molecule has 0 aliphatic carbocycles. The minimum Gasteiger partial charge on any atom is -0.261 e. The molecular formula is C17H18BrN3O2S2. The Balaban J connectivity index is 1.90. The predicted molar refractivity (Wildman–Crippen MR) is 103 cm³/mol. The highest BCUT2D eigenvalue weighted by Gasteiger charge is 2.23. The van der Waals surface area contributed by atoms with Gasteiger partial charge in [-0.25, -0.2) is 13.1 Å². The van der Waals surface area contributed by atoms with Crippen molar-refractivity contribution in [2.45, 2.75) is 24.8 Å². The molecule has 25 heavy (non-hydrogen) atoms. The van der Waals surface area contributed by atoms with E-state index in [2.05, 4.69) is 25.8 Å². The number of aryl methyl sites for hydroxylation is 2. The van der Waals surface area contributed by atoms with Crippen LogP contribution in [0.1, 0.15) is 23.0 Å². The van der Waals surface area contributed by atoms with Crippen LogP contribution >= 0.6 is 27.3 Å². The normalized spacial score (nSPS) is 13.1. The predicted octanol–water partition coefficient (Wildman–Crippen LogP) is 3.89. The maximum Gasteiger partial charge on any atom is 0.241 e. The highest BCUT2D eigenvalue weighted by atomic mass is 79.9. The van der Waals surface area contributed by atoms with Gasteiger partial charge in [-0.1, -0.05) is 12.1 Å². The molecule has 0 saturated heterocycles. The zero-order valence-electron chi connectivity index (χ0n) is 13.8. The van der Waals surface area contributed by atoms with Crippen LogP contribution in [0.4, 0.5) is 0 Å². The third kappa shape index (κ3) is 4.03. The van der Waals surface area contributed by atoms with Crippen molar-refractivity contribution in [3.63, 3.8) is 0 Å². The third-order valence-electron chi connectivity index (χ3n) is 3.86. The summed E-state index contributed by atoms with van der Waals surface area (Å²) in [7, 11) is -3.63. The van der Waals surface area contributed by atoms with Crippen LogP contribution in [-0.4, -0.2) is 24.7 Å². The van der Waals surface area contributed by atoms with Gasteiger partial charge in [-0.15, -0.1) is 0 Å². The van der Waals surface area contributed by atoms with Crippen LogP contribution in [0.5, 0.6) is 0 Å². The Morgan fingerprint density at radius 1 is 1.28 bits per heavy atom. The lowest BCUT2D eigenvalue weighted by Gasteiger charge is -2.19. The lowest BCUT2D eigenvalue weighted by Crippen LogP contribution is -2.32. The fourth-order valence-electron chi connectivity index (χ4n) is 2.70. The standard InChI is InChI=1S/C17H18BrN3O2S2/c1-12-9-13(2)21(20-12)16(14-7-8-24-11-14)10-19-25(22,23)17-6-4-3-5-15(17)18/h3-9,11,16,19H,10H2,1-2H3/t16-/m0/s1. The van der Waals surface area contributed by atoms with Gasteiger partial charge in [0, 0.05) is 16.7 Å². The van der Waals surface area contributed by atoms with Crippen molar-refractivity contribution in [3.8, 4) is 0 Å². The van der Waals surface area contributed by atoms with Gasteiger partial charge in [-0.2, -0.15) is 16.4 Å². The Morgan fingerprint density at radius 2 is 2.04 bits per heavy atom. The molecule has 3 rings (SSSR count). The van der Waals surface area contributed by atoms with E-state index in [0.29, 0.717) is 4.47 Å². The van der Waals surface area contributed by atoms with Crippen LogP contribution in [0.2, 0.25) is 0 Å². The third-order valence-corrected chi connectivity index (χ3v) is 7.00. The summed E-state index contributed by atoms with van der Waals surface area (Å²) in [5, 5.41) is 8.54. The first kappa shape index (κ1) is 18.3. The van der Waals surface area contributed by atoms with E-state index < -0.39 is 10.0 Å². The minimum absolute atomic E-state index is 0.197. The number of halogens is 1. The molecule has 0 aliphatic rings. The smallest absolute Gasteiger partial charge is 0.241 e. The first-order chi connectivity index (χ1) is 11.9. The molecule has 0 unspecified atom stereocenters. The number of rotatable bonds is 6. The summed E-state index contributed by atoms with van der Waals surface area (Å²) in [6, 6.07) is 10.6. The summed E-state index contributed by atoms with van der Waals surface area (Å²) in [6.07, 6.45) is 0. The van der Waals surface area contributed by atoms with Gasteiger partial charge in [0.05, 0.1) is 16.6 Å². The summed E-state index contributed by atoms with van der Waals surface area (Å²) >= 11 is 4.88. The van der Waals surface area contributed by atoms with Crippen LogP contribution in [0.15, 0.2) is 56.5 Å². The van der Waals surface area contributed by atoms with Crippen molar-refractivity contribution >= 4 is 37.3 Å². The van der Waals surface area contributed by atoms with Crippen molar-refractivity contribution in [1.29, 1.82) is 0 Å². The van der Waals surface area contributed by atoms with Crippen LogP contribution in [0, 0.1) is 13.8 Å². The molecule has 1 N–H and O–H groups in total. The minimum atomic E-state index is -3.63. The second kappa shape index (κ2) is 7.41. The summed E-state index contributed by atoms with van der Waals surface area (Å²) in [5.74, 6) is 0. The average molecular weight is 440 g/mol. The molecule has 5 nitrogen and oxygen atoms in total. The number of hydrogen-bond donors (Lipinski definition) is 1. The molecule has 0 bridgehead atoms. The Morgan fingerprint density at radius 3 is 2.64 bits per heavy atom. The highest BCUT2D eigenvalue weighted by molar-refractivity contribution is 9.10. The molecule has 2 heterocycles. The number of benzene rings is 1. The van der Waals surface area contributed by atoms with Gasteiger partial charge in [0.2, 0.25) is 10.0 Å². The second-order valence-electron chi connectivity index (χ2n) is 5.73. The van der Waals surface area contributed by atoms with Crippen molar-refractivity contribution in [2.24, 2.45) is 0 Å². The number of aromatic nitrogens is 2. The molecule has 2 aromatic heterocycles. The van der Waals surface area contributed by atoms with Crippen LogP contribution < -0.4 is 4.72 Å². The monoisotopic (exact) mass is 439 g/mol. The molecule has 0 amide bonds. The number of hydrogen-bond acceptors (Lipinski definition) is 4. The number of nitrogens with zero attached hydrogens (tertiary/aromatic N) is 2. The van der Waals surface area contributed by atoms with Crippen LogP contribution in [-0.2, 0) is 10.0 Å². The quantitative estimate of drug-likeness (QED) is 0.633. The Bertz CT molecular complexity index is 966. The molecule has 0 fully saturated rings. The van der Waals surface area contributed by atoms with Gasteiger partial charge >= 0.3 is 0 Å². The molecular weight excluding hydrogens is 422 g/mol. The SMILES string of the molecule is Cc1cc(C)n([C@@H](CNS(=O)(=O)c2ccccc2Br)c2ccsc2)n1. The Hall–Kier alpha value is -1.48. The van der Waals surface area contributed by atoms with Gasteiger partial charge in [-0.05, 0) is 70.4 Å². The molecule has 3 aromatic rings.